The molecule has 2 aromatic heterocycles. The Kier molecular flexibility index (Phi) is 8.13. The third-order valence-electron chi connectivity index (χ3n) is 7.71. The summed E-state index contributed by atoms with van der Waals surface area (Å²) < 4.78 is 1.98. The second kappa shape index (κ2) is 11.6. The number of aromatic nitrogens is 3. The van der Waals surface area contributed by atoms with Gasteiger partial charge in [0.2, 0.25) is 16.2 Å². The molecule has 0 spiro atoms. The third-order valence-corrected chi connectivity index (χ3v) is 8.70. The number of carbonyl (C=O) groups excluding carboxylic acids is 1. The van der Waals surface area contributed by atoms with Gasteiger partial charge in [0.25, 0.3) is 0 Å². The highest BCUT2D eigenvalue weighted by Gasteiger charge is 2.28. The summed E-state index contributed by atoms with van der Waals surface area (Å²) in [7, 11) is 0. The van der Waals surface area contributed by atoms with Gasteiger partial charge in [-0.15, -0.1) is 10.2 Å². The lowest BCUT2D eigenvalue weighted by Gasteiger charge is -2.40. The number of nitrogens with one attached hydrogen (secondary N) is 1. The van der Waals surface area contributed by atoms with Crippen LogP contribution in [-0.4, -0.2) is 88.9 Å². The van der Waals surface area contributed by atoms with Gasteiger partial charge >= 0.3 is 0 Å². The molecule has 0 radical (unpaired) electrons. The van der Waals surface area contributed by atoms with Crippen molar-refractivity contribution < 1.29 is 4.79 Å². The van der Waals surface area contributed by atoms with E-state index in [9.17, 15) is 4.79 Å². The molecule has 186 valence electrons. The Morgan fingerprint density at radius 1 is 0.941 bits per heavy atom. The molecule has 8 nitrogen and oxygen atoms in total. The number of hydrogen-bond acceptors (Lipinski definition) is 7. The van der Waals surface area contributed by atoms with Gasteiger partial charge in [0.1, 0.15) is 0 Å². The summed E-state index contributed by atoms with van der Waals surface area (Å²) in [6.45, 7) is 8.58. The fourth-order valence-electron chi connectivity index (χ4n) is 5.72. The van der Waals surface area contributed by atoms with Crippen molar-refractivity contribution in [3.05, 3.63) is 24.5 Å². The molecule has 3 fully saturated rings. The molecule has 9 heteroatoms. The molecule has 1 atom stereocenters. The molecule has 3 aliphatic rings. The lowest BCUT2D eigenvalue weighted by Crippen LogP contribution is -2.47. The standard InChI is InChI=1S/C25H39N7OS/c33-23(26-11-7-12-29-18-9-22(10-19-29)30-13-2-1-3-14-30)21-8-6-17-32(20-21)25-28-27-24(34-25)31-15-4-5-16-31/h4-5,15-16,21-22H,1-3,6-14,17-20H2,(H,26,33). The quantitative estimate of drug-likeness (QED) is 0.580. The first-order chi connectivity index (χ1) is 16.8. The minimum Gasteiger partial charge on any atom is -0.356 e. The van der Waals surface area contributed by atoms with E-state index in [4.69, 9.17) is 0 Å². The van der Waals surface area contributed by atoms with Crippen LogP contribution in [0.1, 0.15) is 51.4 Å². The molecule has 0 bridgehead atoms. The SMILES string of the molecule is O=C(NCCCN1CCC(N2CCCCC2)CC1)C1CCCN(c2nnc(-n3cccc3)s2)C1. The highest BCUT2D eigenvalue weighted by molar-refractivity contribution is 7.17. The second-order valence-electron chi connectivity index (χ2n) is 10.1. The summed E-state index contributed by atoms with van der Waals surface area (Å²) in [5, 5.41) is 13.7. The molecule has 3 aliphatic heterocycles. The predicted molar refractivity (Wildman–Crippen MR) is 137 cm³/mol. The van der Waals surface area contributed by atoms with E-state index >= 15 is 0 Å². The Hall–Kier alpha value is -1.97. The van der Waals surface area contributed by atoms with Crippen LogP contribution in [0.3, 0.4) is 0 Å². The van der Waals surface area contributed by atoms with Crippen molar-refractivity contribution in [2.75, 3.05) is 57.3 Å². The maximum absolute atomic E-state index is 12.8. The van der Waals surface area contributed by atoms with Gasteiger partial charge in [-0.3, -0.25) is 9.36 Å². The van der Waals surface area contributed by atoms with Crippen molar-refractivity contribution in [2.24, 2.45) is 5.92 Å². The van der Waals surface area contributed by atoms with Crippen LogP contribution in [0.2, 0.25) is 0 Å². The molecule has 1 amide bonds. The zero-order valence-corrected chi connectivity index (χ0v) is 21.1. The van der Waals surface area contributed by atoms with E-state index in [0.717, 1.165) is 61.7 Å². The van der Waals surface area contributed by atoms with Gasteiger partial charge in [-0.2, -0.15) is 0 Å². The Morgan fingerprint density at radius 3 is 2.50 bits per heavy atom. The molecule has 34 heavy (non-hydrogen) atoms. The van der Waals surface area contributed by atoms with E-state index in [-0.39, 0.29) is 11.8 Å². The summed E-state index contributed by atoms with van der Waals surface area (Å²) in [5.41, 5.74) is 0. The number of hydrogen-bond donors (Lipinski definition) is 1. The molecule has 0 aromatic carbocycles. The van der Waals surface area contributed by atoms with Crippen molar-refractivity contribution in [2.45, 2.75) is 57.4 Å². The average Bonchev–Trinajstić information content (AvgIpc) is 3.60. The first-order valence-corrected chi connectivity index (χ1v) is 14.0. The number of anilines is 1. The number of nitrogens with zero attached hydrogens (tertiary/aromatic N) is 6. The topological polar surface area (TPSA) is 69.5 Å². The minimum absolute atomic E-state index is 0.0352. The lowest BCUT2D eigenvalue weighted by molar-refractivity contribution is -0.125. The third kappa shape index (κ3) is 5.98. The molecular weight excluding hydrogens is 446 g/mol. The summed E-state index contributed by atoms with van der Waals surface area (Å²) in [6.07, 6.45) is 13.8. The highest BCUT2D eigenvalue weighted by atomic mass is 32.1. The van der Waals surface area contributed by atoms with Crippen LogP contribution in [0.5, 0.6) is 0 Å². The van der Waals surface area contributed by atoms with Gasteiger partial charge in [0.05, 0.1) is 5.92 Å². The second-order valence-corrected chi connectivity index (χ2v) is 11.0. The van der Waals surface area contributed by atoms with Crippen molar-refractivity contribution in [3.8, 4) is 5.13 Å². The van der Waals surface area contributed by atoms with E-state index < -0.39 is 0 Å². The number of likely N-dealkylation sites (tertiary alicyclic amines) is 2. The van der Waals surface area contributed by atoms with Crippen LogP contribution in [0.4, 0.5) is 5.13 Å². The molecule has 2 aromatic rings. The zero-order chi connectivity index (χ0) is 23.2. The van der Waals surface area contributed by atoms with Crippen LogP contribution in [0.25, 0.3) is 5.13 Å². The summed E-state index contributed by atoms with van der Waals surface area (Å²) >= 11 is 1.58. The van der Waals surface area contributed by atoms with Gasteiger partial charge in [-0.25, -0.2) is 0 Å². The first-order valence-electron chi connectivity index (χ1n) is 13.2. The fourth-order valence-corrected chi connectivity index (χ4v) is 6.57. The van der Waals surface area contributed by atoms with E-state index in [2.05, 4.69) is 30.2 Å². The predicted octanol–water partition coefficient (Wildman–Crippen LogP) is 3.00. The zero-order valence-electron chi connectivity index (χ0n) is 20.3. The van der Waals surface area contributed by atoms with E-state index in [1.54, 1.807) is 11.3 Å². The fraction of sp³-hybridized carbons (Fsp3) is 0.720. The maximum atomic E-state index is 12.8. The molecule has 1 unspecified atom stereocenters. The maximum Gasteiger partial charge on any atom is 0.224 e. The van der Waals surface area contributed by atoms with E-state index in [1.807, 2.05) is 29.1 Å². The normalized spacial score (nSPS) is 23.3. The van der Waals surface area contributed by atoms with Gasteiger partial charge in [-0.1, -0.05) is 17.8 Å². The van der Waals surface area contributed by atoms with Crippen molar-refractivity contribution in [1.29, 1.82) is 0 Å². The number of amides is 1. The van der Waals surface area contributed by atoms with Crippen molar-refractivity contribution >= 4 is 22.4 Å². The van der Waals surface area contributed by atoms with Crippen molar-refractivity contribution in [3.63, 3.8) is 0 Å². The van der Waals surface area contributed by atoms with Crippen LogP contribution < -0.4 is 10.2 Å². The molecular formula is C25H39N7OS. The molecule has 5 heterocycles. The number of piperidine rings is 3. The van der Waals surface area contributed by atoms with Gasteiger partial charge in [-0.05, 0) is 89.8 Å². The van der Waals surface area contributed by atoms with E-state index in [1.165, 1.54) is 58.3 Å². The summed E-state index contributed by atoms with van der Waals surface area (Å²) in [6, 6.07) is 4.78. The molecule has 1 N–H and O–H groups in total. The largest absolute Gasteiger partial charge is 0.356 e. The Labute approximate surface area is 207 Å². The smallest absolute Gasteiger partial charge is 0.224 e. The summed E-state index contributed by atoms with van der Waals surface area (Å²) in [4.78, 5) is 20.4. The lowest BCUT2D eigenvalue weighted by atomic mass is 9.97. The average molecular weight is 486 g/mol. The summed E-state index contributed by atoms with van der Waals surface area (Å²) in [5.74, 6) is 0.233. The van der Waals surface area contributed by atoms with Gasteiger partial charge in [0, 0.05) is 38.1 Å². The van der Waals surface area contributed by atoms with Crippen LogP contribution in [0, 0.1) is 5.92 Å². The minimum atomic E-state index is 0.0352. The first kappa shape index (κ1) is 23.8. The van der Waals surface area contributed by atoms with E-state index in [0.29, 0.717) is 0 Å². The Morgan fingerprint density at radius 2 is 1.71 bits per heavy atom. The molecule has 0 aliphatic carbocycles. The molecule has 5 rings (SSSR count). The van der Waals surface area contributed by atoms with Crippen LogP contribution >= 0.6 is 11.3 Å². The Balaban J connectivity index is 1.00. The number of carbonyl (C=O) groups is 1. The highest BCUT2D eigenvalue weighted by Crippen LogP contribution is 2.28. The number of rotatable bonds is 8. The van der Waals surface area contributed by atoms with Gasteiger partial charge in [0.15, 0.2) is 0 Å². The van der Waals surface area contributed by atoms with Crippen LogP contribution in [-0.2, 0) is 4.79 Å². The monoisotopic (exact) mass is 485 g/mol. The molecule has 0 saturated carbocycles. The van der Waals surface area contributed by atoms with Crippen LogP contribution in [0.15, 0.2) is 24.5 Å². The van der Waals surface area contributed by atoms with Crippen molar-refractivity contribution in [1.82, 2.24) is 29.9 Å². The Bertz CT molecular complexity index is 887. The molecule has 3 saturated heterocycles. The van der Waals surface area contributed by atoms with Gasteiger partial charge < -0.3 is 20.0 Å².